The Bertz CT molecular complexity index is 252. The Morgan fingerprint density at radius 3 is 2.20 bits per heavy atom. The zero-order chi connectivity index (χ0) is 11.3. The van der Waals surface area contributed by atoms with Crippen molar-refractivity contribution < 1.29 is 13.2 Å². The third-order valence-corrected chi connectivity index (χ3v) is 3.61. The summed E-state index contributed by atoms with van der Waals surface area (Å²) >= 11 is 0. The molecule has 1 atom stereocenters. The summed E-state index contributed by atoms with van der Waals surface area (Å²) in [4.78, 5) is 0. The molecule has 0 radical (unpaired) electrons. The first-order chi connectivity index (χ1) is 6.77. The minimum Gasteiger partial charge on any atom is -0.324 e. The predicted molar refractivity (Wildman–Crippen MR) is 51.3 cm³/mol. The molecule has 0 aliphatic heterocycles. The number of halogens is 3. The van der Waals surface area contributed by atoms with E-state index in [1.54, 1.807) is 0 Å². The normalized spacial score (nSPS) is 28.6. The van der Waals surface area contributed by atoms with Crippen LogP contribution in [0.4, 0.5) is 13.2 Å². The van der Waals surface area contributed by atoms with Gasteiger partial charge in [0.05, 0.1) is 0 Å². The summed E-state index contributed by atoms with van der Waals surface area (Å²) < 4.78 is 37.8. The van der Waals surface area contributed by atoms with Gasteiger partial charge < -0.3 is 11.1 Å². The van der Waals surface area contributed by atoms with Gasteiger partial charge in [0.1, 0.15) is 5.54 Å². The van der Waals surface area contributed by atoms with E-state index in [-0.39, 0.29) is 19.4 Å². The molecular weight excluding hydrogens is 205 g/mol. The molecule has 0 spiro atoms. The van der Waals surface area contributed by atoms with Gasteiger partial charge in [-0.3, -0.25) is 0 Å². The molecule has 15 heavy (non-hydrogen) atoms. The summed E-state index contributed by atoms with van der Waals surface area (Å²) in [5.41, 5.74) is 3.86. The van der Waals surface area contributed by atoms with E-state index in [1.807, 2.05) is 6.92 Å². The van der Waals surface area contributed by atoms with Crippen LogP contribution >= 0.6 is 0 Å². The first-order valence-corrected chi connectivity index (χ1v) is 5.38. The fourth-order valence-corrected chi connectivity index (χ4v) is 1.93. The second kappa shape index (κ2) is 3.10. The van der Waals surface area contributed by atoms with E-state index < -0.39 is 17.3 Å². The number of rotatable bonds is 4. The molecule has 2 saturated carbocycles. The van der Waals surface area contributed by atoms with E-state index in [2.05, 4.69) is 5.32 Å². The van der Waals surface area contributed by atoms with Crippen molar-refractivity contribution in [3.8, 4) is 0 Å². The molecule has 2 aliphatic carbocycles. The molecule has 1 unspecified atom stereocenters. The Morgan fingerprint density at radius 1 is 1.33 bits per heavy atom. The maximum Gasteiger partial charge on any atom is 0.406 e. The van der Waals surface area contributed by atoms with Crippen molar-refractivity contribution in [2.24, 2.45) is 11.7 Å². The lowest BCUT2D eigenvalue weighted by Gasteiger charge is -2.29. The number of nitrogens with one attached hydrogen (secondary N) is 1. The van der Waals surface area contributed by atoms with Gasteiger partial charge in [-0.1, -0.05) is 0 Å². The van der Waals surface area contributed by atoms with Gasteiger partial charge in [0.15, 0.2) is 0 Å². The number of hydrogen-bond acceptors (Lipinski definition) is 2. The number of hydrogen-bond donors (Lipinski definition) is 2. The Morgan fingerprint density at radius 2 is 1.87 bits per heavy atom. The van der Waals surface area contributed by atoms with Crippen LogP contribution in [0.15, 0.2) is 0 Å². The average Bonchev–Trinajstić information content (AvgIpc) is 2.94. The van der Waals surface area contributed by atoms with Crippen LogP contribution in [0, 0.1) is 5.92 Å². The van der Waals surface area contributed by atoms with Crippen molar-refractivity contribution in [3.05, 3.63) is 0 Å². The first kappa shape index (κ1) is 11.2. The first-order valence-electron chi connectivity index (χ1n) is 5.38. The number of nitrogens with two attached hydrogens (primary N) is 1. The van der Waals surface area contributed by atoms with E-state index in [0.29, 0.717) is 5.92 Å². The topological polar surface area (TPSA) is 38.0 Å². The summed E-state index contributed by atoms with van der Waals surface area (Å²) in [5.74, 6) is 0.397. The van der Waals surface area contributed by atoms with E-state index in [4.69, 9.17) is 5.73 Å². The van der Waals surface area contributed by atoms with Crippen LogP contribution in [0.1, 0.15) is 32.6 Å². The van der Waals surface area contributed by atoms with Crippen molar-refractivity contribution in [2.45, 2.75) is 49.9 Å². The van der Waals surface area contributed by atoms with Crippen molar-refractivity contribution in [1.29, 1.82) is 0 Å². The minimum absolute atomic E-state index is 0.192. The van der Waals surface area contributed by atoms with E-state index in [0.717, 1.165) is 12.8 Å². The van der Waals surface area contributed by atoms with Crippen LogP contribution in [-0.2, 0) is 0 Å². The molecular formula is C10H17F3N2. The van der Waals surface area contributed by atoms with Gasteiger partial charge in [-0.2, -0.15) is 13.2 Å². The molecule has 0 bridgehead atoms. The predicted octanol–water partition coefficient (Wildman–Crippen LogP) is 1.80. The SMILES string of the molecule is CC(N)(CNC1(C(F)(F)F)CC1)C1CC1. The van der Waals surface area contributed by atoms with Gasteiger partial charge in [-0.15, -0.1) is 0 Å². The second-order valence-corrected chi connectivity index (χ2v) is 5.21. The highest BCUT2D eigenvalue weighted by atomic mass is 19.4. The van der Waals surface area contributed by atoms with Gasteiger partial charge in [-0.25, -0.2) is 0 Å². The molecule has 0 aromatic heterocycles. The molecule has 5 heteroatoms. The van der Waals surface area contributed by atoms with Crippen LogP contribution in [0.2, 0.25) is 0 Å². The van der Waals surface area contributed by atoms with Gasteiger partial charge in [0, 0.05) is 12.1 Å². The smallest absolute Gasteiger partial charge is 0.324 e. The third-order valence-electron chi connectivity index (χ3n) is 3.61. The summed E-state index contributed by atoms with van der Waals surface area (Å²) in [5, 5.41) is 2.62. The van der Waals surface area contributed by atoms with E-state index in [1.165, 1.54) is 0 Å². The number of alkyl halides is 3. The molecule has 2 fully saturated rings. The van der Waals surface area contributed by atoms with Crippen molar-refractivity contribution >= 4 is 0 Å². The molecule has 88 valence electrons. The standard InChI is InChI=1S/C10H17F3N2/c1-8(14,7-2-3-7)6-15-9(4-5-9)10(11,12)13/h7,15H,2-6,14H2,1H3. The van der Waals surface area contributed by atoms with Crippen LogP contribution < -0.4 is 11.1 Å². The Kier molecular flexibility index (Phi) is 2.32. The highest BCUT2D eigenvalue weighted by Crippen LogP contribution is 2.49. The Labute approximate surface area is 87.4 Å². The highest BCUT2D eigenvalue weighted by molar-refractivity contribution is 5.10. The lowest BCUT2D eigenvalue weighted by Crippen LogP contribution is -2.55. The highest BCUT2D eigenvalue weighted by Gasteiger charge is 2.63. The molecule has 3 N–H and O–H groups in total. The van der Waals surface area contributed by atoms with E-state index >= 15 is 0 Å². The van der Waals surface area contributed by atoms with Crippen LogP contribution in [0.5, 0.6) is 0 Å². The Balaban J connectivity index is 1.88. The van der Waals surface area contributed by atoms with Gasteiger partial charge in [0.25, 0.3) is 0 Å². The van der Waals surface area contributed by atoms with Gasteiger partial charge >= 0.3 is 6.18 Å². The van der Waals surface area contributed by atoms with Crippen molar-refractivity contribution in [2.75, 3.05) is 6.54 Å². The average molecular weight is 222 g/mol. The van der Waals surface area contributed by atoms with Gasteiger partial charge in [0.2, 0.25) is 0 Å². The fourth-order valence-electron chi connectivity index (χ4n) is 1.93. The zero-order valence-electron chi connectivity index (χ0n) is 8.82. The van der Waals surface area contributed by atoms with Crippen LogP contribution in [0.25, 0.3) is 0 Å². The molecule has 0 saturated heterocycles. The summed E-state index contributed by atoms with van der Waals surface area (Å²) in [6.45, 7) is 2.10. The summed E-state index contributed by atoms with van der Waals surface area (Å²) in [6.07, 6.45) is -1.65. The molecule has 2 aliphatic rings. The Hall–Kier alpha value is -0.290. The maximum atomic E-state index is 12.6. The second-order valence-electron chi connectivity index (χ2n) is 5.21. The summed E-state index contributed by atoms with van der Waals surface area (Å²) in [6, 6.07) is 0. The molecule has 0 aromatic carbocycles. The lowest BCUT2D eigenvalue weighted by molar-refractivity contribution is -0.166. The van der Waals surface area contributed by atoms with Gasteiger partial charge in [-0.05, 0) is 38.5 Å². The maximum absolute atomic E-state index is 12.6. The fraction of sp³-hybridized carbons (Fsp3) is 1.00. The molecule has 2 rings (SSSR count). The van der Waals surface area contributed by atoms with Crippen LogP contribution in [-0.4, -0.2) is 23.8 Å². The molecule has 0 aromatic rings. The molecule has 0 heterocycles. The third kappa shape index (κ3) is 2.13. The lowest BCUT2D eigenvalue weighted by atomic mass is 9.97. The quantitative estimate of drug-likeness (QED) is 0.761. The molecule has 2 nitrogen and oxygen atoms in total. The monoisotopic (exact) mass is 222 g/mol. The minimum atomic E-state index is -4.13. The van der Waals surface area contributed by atoms with E-state index in [9.17, 15) is 13.2 Å². The largest absolute Gasteiger partial charge is 0.406 e. The molecule has 0 amide bonds. The van der Waals surface area contributed by atoms with Crippen molar-refractivity contribution in [1.82, 2.24) is 5.32 Å². The summed E-state index contributed by atoms with van der Waals surface area (Å²) in [7, 11) is 0. The van der Waals surface area contributed by atoms with Crippen molar-refractivity contribution in [3.63, 3.8) is 0 Å². The zero-order valence-corrected chi connectivity index (χ0v) is 8.82. The van der Waals surface area contributed by atoms with Crippen LogP contribution in [0.3, 0.4) is 0 Å².